The number of rotatable bonds is 5. The third kappa shape index (κ3) is 4.22. The third-order valence-electron chi connectivity index (χ3n) is 2.89. The molecule has 0 aliphatic carbocycles. The molecular weight excluding hydrogens is 286 g/mol. The van der Waals surface area contributed by atoms with Crippen molar-refractivity contribution >= 4 is 17.2 Å². The van der Waals surface area contributed by atoms with E-state index in [2.05, 4.69) is 11.8 Å². The number of thiophene rings is 1. The molecule has 0 bridgehead atoms. The van der Waals surface area contributed by atoms with Crippen molar-refractivity contribution in [2.24, 2.45) is 0 Å². The first-order valence-corrected chi connectivity index (χ1v) is 7.62. The fourth-order valence-corrected chi connectivity index (χ4v) is 2.57. The highest BCUT2D eigenvalue weighted by Crippen LogP contribution is 2.17. The summed E-state index contributed by atoms with van der Waals surface area (Å²) < 4.78 is 5.29. The van der Waals surface area contributed by atoms with Crippen molar-refractivity contribution < 1.29 is 14.3 Å². The molecule has 1 amide bonds. The Morgan fingerprint density at radius 1 is 1.52 bits per heavy atom. The van der Waals surface area contributed by atoms with E-state index in [1.807, 2.05) is 24.4 Å². The van der Waals surface area contributed by atoms with Crippen LogP contribution in [0, 0.1) is 11.8 Å². The Kier molecular flexibility index (Phi) is 5.61. The van der Waals surface area contributed by atoms with Crippen LogP contribution < -0.4 is 0 Å². The highest BCUT2D eigenvalue weighted by atomic mass is 32.1. The number of hydrogen-bond acceptors (Lipinski definition) is 4. The lowest BCUT2D eigenvalue weighted by Crippen LogP contribution is -2.29. The summed E-state index contributed by atoms with van der Waals surface area (Å²) in [7, 11) is 0. The lowest BCUT2D eigenvalue weighted by molar-refractivity contribution is 0.0742. The van der Waals surface area contributed by atoms with Crippen LogP contribution in [0.1, 0.15) is 34.3 Å². The van der Waals surface area contributed by atoms with Crippen molar-refractivity contribution in [3.63, 3.8) is 0 Å². The van der Waals surface area contributed by atoms with Gasteiger partial charge in [-0.05, 0) is 25.1 Å². The lowest BCUT2D eigenvalue weighted by Gasteiger charge is -2.18. The van der Waals surface area contributed by atoms with Gasteiger partial charge >= 0.3 is 0 Å². The number of carbonyl (C=O) groups excluding carboxylic acids is 1. The Labute approximate surface area is 128 Å². The molecule has 0 aliphatic rings. The van der Waals surface area contributed by atoms with Crippen LogP contribution in [0.25, 0.3) is 0 Å². The molecule has 0 spiro atoms. The van der Waals surface area contributed by atoms with Gasteiger partial charge in [0, 0.05) is 18.3 Å². The lowest BCUT2D eigenvalue weighted by atomic mass is 10.2. The monoisotopic (exact) mass is 303 g/mol. The van der Waals surface area contributed by atoms with E-state index < -0.39 is 0 Å². The number of carbonyl (C=O) groups is 1. The number of amides is 1. The summed E-state index contributed by atoms with van der Waals surface area (Å²) in [5.41, 5.74) is 0.640. The summed E-state index contributed by atoms with van der Waals surface area (Å²) in [5, 5.41) is 10.5. The van der Waals surface area contributed by atoms with Gasteiger partial charge in [0.05, 0.1) is 29.9 Å². The van der Waals surface area contributed by atoms with Gasteiger partial charge in [-0.1, -0.05) is 11.8 Å². The van der Waals surface area contributed by atoms with Gasteiger partial charge in [0.1, 0.15) is 5.76 Å². The summed E-state index contributed by atoms with van der Waals surface area (Å²) in [5.74, 6) is 6.54. The molecule has 0 atom stereocenters. The van der Waals surface area contributed by atoms with E-state index in [0.29, 0.717) is 25.1 Å². The first kappa shape index (κ1) is 15.4. The summed E-state index contributed by atoms with van der Waals surface area (Å²) in [6.07, 6.45) is 2.05. The number of aliphatic hydroxyl groups is 1. The van der Waals surface area contributed by atoms with Crippen molar-refractivity contribution in [2.75, 3.05) is 13.2 Å². The van der Waals surface area contributed by atoms with E-state index >= 15 is 0 Å². The van der Waals surface area contributed by atoms with Crippen molar-refractivity contribution in [3.05, 3.63) is 46.0 Å². The number of furan rings is 1. The van der Waals surface area contributed by atoms with Crippen molar-refractivity contribution in [3.8, 4) is 11.8 Å². The van der Waals surface area contributed by atoms with Crippen LogP contribution in [0.4, 0.5) is 0 Å². The second kappa shape index (κ2) is 7.67. The minimum atomic E-state index is -0.0274. The number of hydrogen-bond donors (Lipinski definition) is 1. The SMILES string of the molecule is CCN(Cc1ccco1)C(=O)c1csc(C#CCCO)c1. The zero-order chi connectivity index (χ0) is 15.1. The average molecular weight is 303 g/mol. The summed E-state index contributed by atoms with van der Waals surface area (Å²) in [4.78, 5) is 15.0. The largest absolute Gasteiger partial charge is 0.467 e. The van der Waals surface area contributed by atoms with Crippen LogP contribution in [0.2, 0.25) is 0 Å². The molecule has 0 radical (unpaired) electrons. The number of nitrogens with zero attached hydrogens (tertiary/aromatic N) is 1. The maximum atomic E-state index is 12.4. The highest BCUT2D eigenvalue weighted by molar-refractivity contribution is 7.10. The first-order valence-electron chi connectivity index (χ1n) is 6.74. The molecule has 110 valence electrons. The topological polar surface area (TPSA) is 53.7 Å². The van der Waals surface area contributed by atoms with E-state index in [1.165, 1.54) is 11.3 Å². The molecule has 2 aromatic heterocycles. The minimum Gasteiger partial charge on any atom is -0.467 e. The third-order valence-corrected chi connectivity index (χ3v) is 3.74. The molecule has 1 N–H and O–H groups in total. The molecule has 0 unspecified atom stereocenters. The molecule has 2 heterocycles. The summed E-state index contributed by atoms with van der Waals surface area (Å²) >= 11 is 1.44. The quantitative estimate of drug-likeness (QED) is 0.864. The zero-order valence-corrected chi connectivity index (χ0v) is 12.7. The van der Waals surface area contributed by atoms with Gasteiger partial charge < -0.3 is 14.4 Å². The first-order chi connectivity index (χ1) is 10.2. The molecule has 2 aromatic rings. The Hall–Kier alpha value is -2.03. The molecule has 4 nitrogen and oxygen atoms in total. The molecule has 2 rings (SSSR count). The summed E-state index contributed by atoms with van der Waals surface area (Å²) in [6, 6.07) is 5.46. The van der Waals surface area contributed by atoms with Crippen LogP contribution in [-0.4, -0.2) is 29.1 Å². The Morgan fingerprint density at radius 3 is 3.05 bits per heavy atom. The van der Waals surface area contributed by atoms with E-state index in [1.54, 1.807) is 17.2 Å². The second-order valence-corrected chi connectivity index (χ2v) is 5.28. The standard InChI is InChI=1S/C16H17NO3S/c1-2-17(11-14-6-5-9-20-14)16(19)13-10-15(21-12-13)7-3-4-8-18/h5-6,9-10,12,18H,2,4,8,11H2,1H3. The molecule has 0 aromatic carbocycles. The van der Waals surface area contributed by atoms with Gasteiger partial charge in [-0.25, -0.2) is 0 Å². The number of aliphatic hydroxyl groups excluding tert-OH is 1. The molecule has 21 heavy (non-hydrogen) atoms. The van der Waals surface area contributed by atoms with Crippen molar-refractivity contribution in [1.29, 1.82) is 0 Å². The van der Waals surface area contributed by atoms with E-state index in [-0.39, 0.29) is 12.5 Å². The normalized spacial score (nSPS) is 10.0. The Balaban J connectivity index is 2.06. The molecule has 0 saturated carbocycles. The van der Waals surface area contributed by atoms with Gasteiger partial charge in [0.25, 0.3) is 5.91 Å². The Bertz CT molecular complexity index is 634. The minimum absolute atomic E-state index is 0.0274. The van der Waals surface area contributed by atoms with Crippen LogP contribution in [0.3, 0.4) is 0 Å². The van der Waals surface area contributed by atoms with Gasteiger partial charge in [-0.3, -0.25) is 4.79 Å². The summed E-state index contributed by atoms with van der Waals surface area (Å²) in [6.45, 7) is 3.07. The fraction of sp³-hybridized carbons (Fsp3) is 0.312. The van der Waals surface area contributed by atoms with Crippen LogP contribution in [0.15, 0.2) is 34.3 Å². The molecule has 0 saturated heterocycles. The van der Waals surface area contributed by atoms with Gasteiger partial charge in [0.15, 0.2) is 0 Å². The highest BCUT2D eigenvalue weighted by Gasteiger charge is 2.16. The second-order valence-electron chi connectivity index (χ2n) is 4.37. The molecule has 0 fully saturated rings. The van der Waals surface area contributed by atoms with Gasteiger partial charge in [0.2, 0.25) is 0 Å². The van der Waals surface area contributed by atoms with Crippen molar-refractivity contribution in [2.45, 2.75) is 19.9 Å². The maximum Gasteiger partial charge on any atom is 0.255 e. The van der Waals surface area contributed by atoms with E-state index in [9.17, 15) is 4.79 Å². The molecular formula is C16H17NO3S. The van der Waals surface area contributed by atoms with Gasteiger partial charge in [-0.15, -0.1) is 11.3 Å². The van der Waals surface area contributed by atoms with Crippen LogP contribution >= 0.6 is 11.3 Å². The fourth-order valence-electron chi connectivity index (χ4n) is 1.82. The molecule has 5 heteroatoms. The van der Waals surface area contributed by atoms with E-state index in [0.717, 1.165) is 10.6 Å². The maximum absolute atomic E-state index is 12.4. The Morgan fingerprint density at radius 2 is 2.38 bits per heavy atom. The van der Waals surface area contributed by atoms with Crippen molar-refractivity contribution in [1.82, 2.24) is 4.90 Å². The zero-order valence-electron chi connectivity index (χ0n) is 11.8. The smallest absolute Gasteiger partial charge is 0.255 e. The average Bonchev–Trinajstić information content (AvgIpc) is 3.16. The predicted octanol–water partition coefficient (Wildman–Crippen LogP) is 2.74. The predicted molar refractivity (Wildman–Crippen MR) is 82.0 cm³/mol. The van der Waals surface area contributed by atoms with Gasteiger partial charge in [-0.2, -0.15) is 0 Å². The van der Waals surface area contributed by atoms with E-state index in [4.69, 9.17) is 9.52 Å². The van der Waals surface area contributed by atoms with Crippen LogP contribution in [-0.2, 0) is 6.54 Å². The molecule has 0 aliphatic heterocycles. The van der Waals surface area contributed by atoms with Crippen LogP contribution in [0.5, 0.6) is 0 Å².